The van der Waals surface area contributed by atoms with Crippen molar-refractivity contribution in [2.24, 2.45) is 11.8 Å². The second-order valence-electron chi connectivity index (χ2n) is 7.86. The molecular weight excluding hydrogens is 418 g/mol. The average Bonchev–Trinajstić information content (AvgIpc) is 3.32. The Morgan fingerprint density at radius 2 is 1.90 bits per heavy atom. The molecule has 164 valence electrons. The number of carbonyl (C=O) groups excluding carboxylic acids is 1. The number of amides is 1. The number of hydrogen-bond acceptors (Lipinski definition) is 5. The Bertz CT molecular complexity index is 893. The lowest BCUT2D eigenvalue weighted by molar-refractivity contribution is -0.126. The Balaban J connectivity index is 1.39. The van der Waals surface area contributed by atoms with Gasteiger partial charge in [0.05, 0.1) is 0 Å². The number of nitrogens with zero attached hydrogens (tertiary/aromatic N) is 2. The Morgan fingerprint density at radius 3 is 2.53 bits per heavy atom. The number of hydrogen-bond donors (Lipinski definition) is 1. The number of carbonyl (C=O) groups is 1. The summed E-state index contributed by atoms with van der Waals surface area (Å²) in [5.74, 6) is 0.173. The average molecular weight is 450 g/mol. The molecule has 1 saturated heterocycles. The molecule has 8 heteroatoms. The molecule has 1 aromatic carbocycles. The van der Waals surface area contributed by atoms with E-state index in [1.54, 1.807) is 21.8 Å². The molecule has 0 bridgehead atoms. The fraction of sp³-hybridized carbons (Fsp3) is 0.500. The minimum atomic E-state index is -3.39. The van der Waals surface area contributed by atoms with Crippen LogP contribution < -0.4 is 10.2 Å². The fourth-order valence-corrected chi connectivity index (χ4v) is 6.48. The highest BCUT2D eigenvalue weighted by molar-refractivity contribution is 7.91. The predicted molar refractivity (Wildman–Crippen MR) is 122 cm³/mol. The summed E-state index contributed by atoms with van der Waals surface area (Å²) >= 11 is 1.25. The largest absolute Gasteiger partial charge is 0.375 e. The summed E-state index contributed by atoms with van der Waals surface area (Å²) in [4.78, 5) is 14.7. The van der Waals surface area contributed by atoms with Gasteiger partial charge in [0.15, 0.2) is 0 Å². The number of sulfonamides is 1. The highest BCUT2D eigenvalue weighted by Gasteiger charge is 2.33. The molecule has 0 radical (unpaired) electrons. The van der Waals surface area contributed by atoms with E-state index in [0.717, 1.165) is 25.8 Å². The lowest BCUT2D eigenvalue weighted by Gasteiger charge is -2.33. The second-order valence-corrected chi connectivity index (χ2v) is 11.0. The molecule has 1 aliphatic rings. The maximum atomic E-state index is 12.6. The maximum Gasteiger partial charge on any atom is 0.252 e. The van der Waals surface area contributed by atoms with Gasteiger partial charge < -0.3 is 10.2 Å². The quantitative estimate of drug-likeness (QED) is 0.596. The minimum absolute atomic E-state index is 0.0666. The zero-order chi connectivity index (χ0) is 21.6. The second kappa shape index (κ2) is 10.4. The summed E-state index contributed by atoms with van der Waals surface area (Å²) in [7, 11) is -1.34. The lowest BCUT2D eigenvalue weighted by Crippen LogP contribution is -2.42. The summed E-state index contributed by atoms with van der Waals surface area (Å²) < 4.78 is 27.2. The molecule has 0 saturated carbocycles. The zero-order valence-corrected chi connectivity index (χ0v) is 19.3. The first-order valence-electron chi connectivity index (χ1n) is 10.5. The van der Waals surface area contributed by atoms with Gasteiger partial charge >= 0.3 is 0 Å². The molecule has 1 atom stereocenters. The molecule has 1 aromatic heterocycles. The van der Waals surface area contributed by atoms with Crippen LogP contribution in [-0.4, -0.2) is 51.9 Å². The van der Waals surface area contributed by atoms with Gasteiger partial charge in [-0.1, -0.05) is 31.2 Å². The maximum absolute atomic E-state index is 12.6. The third-order valence-electron chi connectivity index (χ3n) is 5.87. The molecule has 6 nitrogen and oxygen atoms in total. The molecule has 0 unspecified atom stereocenters. The molecule has 0 aliphatic carbocycles. The van der Waals surface area contributed by atoms with Crippen LogP contribution in [0.4, 0.5) is 5.69 Å². The normalized spacial score (nSPS) is 16.9. The van der Waals surface area contributed by atoms with E-state index in [-0.39, 0.29) is 17.7 Å². The summed E-state index contributed by atoms with van der Waals surface area (Å²) in [6.45, 7) is 4.43. The van der Waals surface area contributed by atoms with Crippen molar-refractivity contribution in [1.29, 1.82) is 0 Å². The van der Waals surface area contributed by atoms with Crippen LogP contribution in [0.1, 0.15) is 26.2 Å². The highest BCUT2D eigenvalue weighted by atomic mass is 32.2. The highest BCUT2D eigenvalue weighted by Crippen LogP contribution is 2.29. The molecule has 2 aromatic rings. The summed E-state index contributed by atoms with van der Waals surface area (Å²) in [6.07, 6.45) is 2.31. The number of anilines is 1. The van der Waals surface area contributed by atoms with E-state index in [1.807, 2.05) is 25.1 Å². The number of rotatable bonds is 9. The Labute approximate surface area is 183 Å². The topological polar surface area (TPSA) is 69.7 Å². The molecule has 1 amide bonds. The number of thiophene rings is 1. The first kappa shape index (κ1) is 22.8. The van der Waals surface area contributed by atoms with Crippen LogP contribution in [0.25, 0.3) is 0 Å². The first-order chi connectivity index (χ1) is 14.4. The number of piperidine rings is 1. The Morgan fingerprint density at radius 1 is 1.20 bits per heavy atom. The minimum Gasteiger partial charge on any atom is -0.375 e. The number of para-hydroxylation sites is 1. The van der Waals surface area contributed by atoms with E-state index < -0.39 is 10.0 Å². The Hall–Kier alpha value is -1.90. The van der Waals surface area contributed by atoms with E-state index in [0.29, 0.717) is 23.8 Å². The monoisotopic (exact) mass is 449 g/mol. The first-order valence-corrected chi connectivity index (χ1v) is 12.8. The summed E-state index contributed by atoms with van der Waals surface area (Å²) in [6, 6.07) is 13.6. The third-order valence-corrected chi connectivity index (χ3v) is 9.15. The molecule has 3 rings (SSSR count). The van der Waals surface area contributed by atoms with Gasteiger partial charge in [0.25, 0.3) is 10.0 Å². The van der Waals surface area contributed by atoms with Crippen molar-refractivity contribution < 1.29 is 13.2 Å². The van der Waals surface area contributed by atoms with Crippen LogP contribution in [0.15, 0.2) is 52.1 Å². The van der Waals surface area contributed by atoms with Crippen molar-refractivity contribution in [3.8, 4) is 0 Å². The molecule has 2 heterocycles. The Kier molecular flexibility index (Phi) is 7.91. The number of nitrogens with one attached hydrogen (secondary N) is 1. The molecule has 1 fully saturated rings. The smallest absolute Gasteiger partial charge is 0.252 e. The number of benzene rings is 1. The van der Waals surface area contributed by atoms with Crippen LogP contribution in [-0.2, 0) is 14.8 Å². The SMILES string of the molecule is C[C@H](C(=O)NCCCN(C)c1ccccc1)C1CCN(S(=O)(=O)c2cccs2)CC1. The van der Waals surface area contributed by atoms with Crippen molar-refractivity contribution >= 4 is 33.0 Å². The van der Waals surface area contributed by atoms with Crippen molar-refractivity contribution in [2.45, 2.75) is 30.4 Å². The van der Waals surface area contributed by atoms with Gasteiger partial charge in [-0.05, 0) is 48.8 Å². The van der Waals surface area contributed by atoms with Crippen LogP contribution >= 0.6 is 11.3 Å². The van der Waals surface area contributed by atoms with E-state index in [9.17, 15) is 13.2 Å². The van der Waals surface area contributed by atoms with Crippen molar-refractivity contribution in [3.63, 3.8) is 0 Å². The van der Waals surface area contributed by atoms with Crippen molar-refractivity contribution in [3.05, 3.63) is 47.8 Å². The summed E-state index contributed by atoms with van der Waals surface area (Å²) in [5, 5.41) is 4.84. The van der Waals surface area contributed by atoms with Crippen LogP contribution in [0.3, 0.4) is 0 Å². The summed E-state index contributed by atoms with van der Waals surface area (Å²) in [5.41, 5.74) is 1.17. The van der Waals surface area contributed by atoms with Gasteiger partial charge in [0.2, 0.25) is 5.91 Å². The van der Waals surface area contributed by atoms with Gasteiger partial charge in [-0.3, -0.25) is 4.79 Å². The fourth-order valence-electron chi connectivity index (χ4n) is 3.87. The van der Waals surface area contributed by atoms with Crippen molar-refractivity contribution in [1.82, 2.24) is 9.62 Å². The van der Waals surface area contributed by atoms with E-state index in [2.05, 4.69) is 29.4 Å². The van der Waals surface area contributed by atoms with Crippen LogP contribution in [0.5, 0.6) is 0 Å². The molecular formula is C22H31N3O3S2. The molecule has 0 spiro atoms. The van der Waals surface area contributed by atoms with Gasteiger partial charge in [0.1, 0.15) is 4.21 Å². The third kappa shape index (κ3) is 5.62. The van der Waals surface area contributed by atoms with Gasteiger partial charge in [-0.2, -0.15) is 4.31 Å². The lowest BCUT2D eigenvalue weighted by atomic mass is 9.85. The predicted octanol–water partition coefficient (Wildman–Crippen LogP) is 3.43. The van der Waals surface area contributed by atoms with Crippen molar-refractivity contribution in [2.75, 3.05) is 38.1 Å². The van der Waals surface area contributed by atoms with Crippen LogP contribution in [0.2, 0.25) is 0 Å². The van der Waals surface area contributed by atoms with Gasteiger partial charge in [-0.25, -0.2) is 8.42 Å². The standard InChI is InChI=1S/C22H31N3O3S2/c1-18(22(26)23-13-7-14-24(2)20-8-4-3-5-9-20)19-11-15-25(16-12-19)30(27,28)21-10-6-17-29-21/h3-6,8-10,17-19H,7,11-16H2,1-2H3,(H,23,26)/t18-/m0/s1. The van der Waals surface area contributed by atoms with E-state index >= 15 is 0 Å². The van der Waals surface area contributed by atoms with E-state index in [4.69, 9.17) is 0 Å². The van der Waals surface area contributed by atoms with Crippen LogP contribution in [0, 0.1) is 11.8 Å². The molecule has 1 aliphatic heterocycles. The zero-order valence-electron chi connectivity index (χ0n) is 17.7. The van der Waals surface area contributed by atoms with Gasteiger partial charge in [0, 0.05) is 44.8 Å². The molecule has 1 N–H and O–H groups in total. The van der Waals surface area contributed by atoms with E-state index in [1.165, 1.54) is 17.0 Å². The molecule has 30 heavy (non-hydrogen) atoms. The van der Waals surface area contributed by atoms with Gasteiger partial charge in [-0.15, -0.1) is 11.3 Å².